The Labute approximate surface area is 155 Å². The van der Waals surface area contributed by atoms with E-state index in [2.05, 4.69) is 30.1 Å². The van der Waals surface area contributed by atoms with Crippen LogP contribution in [0.5, 0.6) is 0 Å². The summed E-state index contributed by atoms with van der Waals surface area (Å²) in [5, 5.41) is 1.23. The number of nitrogens with two attached hydrogens (primary N) is 1. The van der Waals surface area contributed by atoms with Crippen molar-refractivity contribution in [1.82, 2.24) is 4.98 Å². The van der Waals surface area contributed by atoms with Gasteiger partial charge in [-0.05, 0) is 74.0 Å². The molecule has 0 fully saturated rings. The zero-order chi connectivity index (χ0) is 18.4. The van der Waals surface area contributed by atoms with E-state index >= 15 is 0 Å². The van der Waals surface area contributed by atoms with Gasteiger partial charge in [-0.15, -0.1) is 0 Å². The van der Waals surface area contributed by atoms with Gasteiger partial charge >= 0.3 is 0 Å². The number of aromatic nitrogens is 1. The fourth-order valence-electron chi connectivity index (χ4n) is 3.56. The Morgan fingerprint density at radius 3 is 2.62 bits per heavy atom. The molecule has 0 unspecified atom stereocenters. The fraction of sp³-hybridized carbons (Fsp3) is 0.391. The van der Waals surface area contributed by atoms with Crippen LogP contribution < -0.4 is 5.73 Å². The highest BCUT2D eigenvalue weighted by Gasteiger charge is 2.10. The molecule has 26 heavy (non-hydrogen) atoms. The van der Waals surface area contributed by atoms with E-state index in [1.54, 1.807) is 12.1 Å². The number of halogens is 1. The Kier molecular flexibility index (Phi) is 6.45. The van der Waals surface area contributed by atoms with Gasteiger partial charge in [0.1, 0.15) is 5.82 Å². The van der Waals surface area contributed by atoms with Gasteiger partial charge in [0.2, 0.25) is 0 Å². The molecule has 0 saturated heterocycles. The van der Waals surface area contributed by atoms with Crippen molar-refractivity contribution in [2.24, 2.45) is 5.73 Å². The first-order chi connectivity index (χ1) is 12.7. The minimum absolute atomic E-state index is 0.202. The third kappa shape index (κ3) is 4.53. The van der Waals surface area contributed by atoms with E-state index in [0.717, 1.165) is 49.9 Å². The summed E-state index contributed by atoms with van der Waals surface area (Å²) in [5.74, 6) is -0.202. The zero-order valence-electron chi connectivity index (χ0n) is 15.7. The molecule has 0 amide bonds. The molecule has 3 heteroatoms. The van der Waals surface area contributed by atoms with E-state index in [1.165, 1.54) is 40.9 Å². The van der Waals surface area contributed by atoms with Crippen molar-refractivity contribution >= 4 is 10.9 Å². The average molecular weight is 352 g/mol. The summed E-state index contributed by atoms with van der Waals surface area (Å²) in [6.07, 6.45) is 7.97. The maximum absolute atomic E-state index is 13.6. The molecule has 3 aromatic rings. The van der Waals surface area contributed by atoms with Gasteiger partial charge in [-0.25, -0.2) is 4.39 Å². The predicted octanol–water partition coefficient (Wildman–Crippen LogP) is 5.99. The van der Waals surface area contributed by atoms with Crippen molar-refractivity contribution in [3.63, 3.8) is 0 Å². The molecule has 1 heterocycles. The normalized spacial score (nSPS) is 11.3. The maximum atomic E-state index is 13.6. The van der Waals surface area contributed by atoms with E-state index in [-0.39, 0.29) is 5.82 Å². The molecule has 3 N–H and O–H groups in total. The van der Waals surface area contributed by atoms with Gasteiger partial charge < -0.3 is 10.7 Å². The Hall–Kier alpha value is -2.13. The number of aromatic amines is 1. The summed E-state index contributed by atoms with van der Waals surface area (Å²) in [6, 6.07) is 13.6. The Morgan fingerprint density at radius 1 is 0.962 bits per heavy atom. The van der Waals surface area contributed by atoms with E-state index < -0.39 is 0 Å². The number of hydrogen-bond donors (Lipinski definition) is 2. The van der Waals surface area contributed by atoms with Gasteiger partial charge in [0, 0.05) is 22.2 Å². The minimum Gasteiger partial charge on any atom is -0.354 e. The first kappa shape index (κ1) is 18.7. The van der Waals surface area contributed by atoms with Crippen LogP contribution >= 0.6 is 0 Å². The van der Waals surface area contributed by atoms with E-state index in [4.69, 9.17) is 5.73 Å². The largest absolute Gasteiger partial charge is 0.354 e. The van der Waals surface area contributed by atoms with E-state index in [1.807, 2.05) is 6.07 Å². The summed E-state index contributed by atoms with van der Waals surface area (Å²) in [7, 11) is 0. The molecule has 0 spiro atoms. The number of nitrogens with one attached hydrogen (secondary N) is 1. The second kappa shape index (κ2) is 9.00. The van der Waals surface area contributed by atoms with Crippen molar-refractivity contribution in [3.8, 4) is 11.3 Å². The van der Waals surface area contributed by atoms with Gasteiger partial charge in [0.05, 0.1) is 0 Å². The smallest absolute Gasteiger partial charge is 0.123 e. The van der Waals surface area contributed by atoms with Crippen molar-refractivity contribution < 1.29 is 4.39 Å². The van der Waals surface area contributed by atoms with Crippen molar-refractivity contribution in [3.05, 3.63) is 59.4 Å². The zero-order valence-corrected chi connectivity index (χ0v) is 15.7. The van der Waals surface area contributed by atoms with Crippen LogP contribution in [0.4, 0.5) is 4.39 Å². The van der Waals surface area contributed by atoms with Crippen LogP contribution in [0.3, 0.4) is 0 Å². The molecule has 3 rings (SSSR count). The number of H-pyrrole nitrogens is 1. The van der Waals surface area contributed by atoms with Crippen LogP contribution in [0.15, 0.2) is 42.5 Å². The molecule has 1 aromatic heterocycles. The molecular weight excluding hydrogens is 323 g/mol. The summed E-state index contributed by atoms with van der Waals surface area (Å²) in [6.45, 7) is 2.99. The predicted molar refractivity (Wildman–Crippen MR) is 109 cm³/mol. The monoisotopic (exact) mass is 352 g/mol. The molecule has 138 valence electrons. The Bertz CT molecular complexity index is 851. The van der Waals surface area contributed by atoms with Crippen LogP contribution in [0.1, 0.15) is 50.2 Å². The van der Waals surface area contributed by atoms with Crippen molar-refractivity contribution in [2.45, 2.75) is 51.9 Å². The number of aryl methyl sites for hydroxylation is 2. The quantitative estimate of drug-likeness (QED) is 0.456. The van der Waals surface area contributed by atoms with Crippen LogP contribution in [0, 0.1) is 5.82 Å². The van der Waals surface area contributed by atoms with Gasteiger partial charge in [-0.1, -0.05) is 38.0 Å². The fourth-order valence-corrected chi connectivity index (χ4v) is 3.56. The van der Waals surface area contributed by atoms with E-state index in [9.17, 15) is 4.39 Å². The number of hydrogen-bond acceptors (Lipinski definition) is 1. The summed E-state index contributed by atoms with van der Waals surface area (Å²) in [4.78, 5) is 3.54. The average Bonchev–Trinajstić information content (AvgIpc) is 3.08. The second-order valence-electron chi connectivity index (χ2n) is 7.12. The summed E-state index contributed by atoms with van der Waals surface area (Å²) < 4.78 is 13.6. The first-order valence-corrected chi connectivity index (χ1v) is 9.81. The lowest BCUT2D eigenvalue weighted by molar-refractivity contribution is 0.628. The number of benzene rings is 2. The molecule has 0 bridgehead atoms. The number of fused-ring (bicyclic) bond motifs is 1. The molecule has 2 nitrogen and oxygen atoms in total. The highest BCUT2D eigenvalue weighted by Crippen LogP contribution is 2.29. The molecule has 0 aliphatic rings. The standard InChI is InChI=1S/C23H29FN2/c1-2-3-8-17-13-19(9-5-4-6-12-25)23-20(14-17)16-22(26-23)18-10-7-11-21(24)15-18/h7,10-11,13-16,26H,2-6,8-9,12,25H2,1H3. The molecule has 0 atom stereocenters. The highest BCUT2D eigenvalue weighted by atomic mass is 19.1. The SMILES string of the molecule is CCCCc1cc(CCCCCN)c2[nH]c(-c3cccc(F)c3)cc2c1. The van der Waals surface area contributed by atoms with Crippen molar-refractivity contribution in [1.29, 1.82) is 0 Å². The third-order valence-corrected chi connectivity index (χ3v) is 4.97. The van der Waals surface area contributed by atoms with Gasteiger partial charge in [-0.3, -0.25) is 0 Å². The van der Waals surface area contributed by atoms with Crippen LogP contribution in [0.25, 0.3) is 22.2 Å². The molecule has 0 aliphatic heterocycles. The molecule has 0 saturated carbocycles. The van der Waals surface area contributed by atoms with Crippen LogP contribution in [-0.2, 0) is 12.8 Å². The van der Waals surface area contributed by atoms with Gasteiger partial charge in [0.15, 0.2) is 0 Å². The Morgan fingerprint density at radius 2 is 1.85 bits per heavy atom. The summed E-state index contributed by atoms with van der Waals surface area (Å²) >= 11 is 0. The highest BCUT2D eigenvalue weighted by molar-refractivity contribution is 5.89. The van der Waals surface area contributed by atoms with Crippen molar-refractivity contribution in [2.75, 3.05) is 6.54 Å². The van der Waals surface area contributed by atoms with Gasteiger partial charge in [0.25, 0.3) is 0 Å². The lowest BCUT2D eigenvalue weighted by atomic mass is 9.98. The second-order valence-corrected chi connectivity index (χ2v) is 7.12. The topological polar surface area (TPSA) is 41.8 Å². The molecule has 0 aliphatic carbocycles. The lowest BCUT2D eigenvalue weighted by Crippen LogP contribution is -1.98. The third-order valence-electron chi connectivity index (χ3n) is 4.97. The van der Waals surface area contributed by atoms with E-state index in [0.29, 0.717) is 0 Å². The maximum Gasteiger partial charge on any atom is 0.123 e. The lowest BCUT2D eigenvalue weighted by Gasteiger charge is -2.08. The molecule has 2 aromatic carbocycles. The van der Waals surface area contributed by atoms with Crippen LogP contribution in [0.2, 0.25) is 0 Å². The first-order valence-electron chi connectivity index (χ1n) is 9.81. The summed E-state index contributed by atoms with van der Waals surface area (Å²) in [5.41, 5.74) is 11.5. The Balaban J connectivity index is 1.95. The van der Waals surface area contributed by atoms with Crippen LogP contribution in [-0.4, -0.2) is 11.5 Å². The molecule has 0 radical (unpaired) electrons. The number of unbranched alkanes of at least 4 members (excludes halogenated alkanes) is 3. The van der Waals surface area contributed by atoms with Gasteiger partial charge in [-0.2, -0.15) is 0 Å². The molecular formula is C23H29FN2. The number of rotatable bonds is 9. The minimum atomic E-state index is -0.202.